The van der Waals surface area contributed by atoms with Crippen molar-refractivity contribution >= 4 is 14.3 Å². The standard InChI is InChI=1S/C13H26O2Si/c1-8-11(5)16(7,12(6)9-2)15-13(14)10(3)4/h11-12H,3,8-9H2,1-2,4-7H3. The molecule has 0 aliphatic heterocycles. The lowest BCUT2D eigenvalue weighted by Crippen LogP contribution is -2.44. The average molecular weight is 242 g/mol. The van der Waals surface area contributed by atoms with Crippen LogP contribution in [0.25, 0.3) is 0 Å². The van der Waals surface area contributed by atoms with E-state index in [-0.39, 0.29) is 5.97 Å². The van der Waals surface area contributed by atoms with Gasteiger partial charge in [0, 0.05) is 5.57 Å². The monoisotopic (exact) mass is 242 g/mol. The topological polar surface area (TPSA) is 26.3 Å². The molecule has 2 nitrogen and oxygen atoms in total. The third kappa shape index (κ3) is 3.48. The summed E-state index contributed by atoms with van der Waals surface area (Å²) in [5.41, 5.74) is 1.49. The fourth-order valence-electron chi connectivity index (χ4n) is 1.78. The quantitative estimate of drug-likeness (QED) is 0.513. The molecule has 0 heterocycles. The van der Waals surface area contributed by atoms with Gasteiger partial charge in [-0.3, -0.25) is 0 Å². The summed E-state index contributed by atoms with van der Waals surface area (Å²) < 4.78 is 5.81. The molecule has 0 N–H and O–H groups in total. The van der Waals surface area contributed by atoms with Crippen LogP contribution in [-0.2, 0) is 9.22 Å². The zero-order chi connectivity index (χ0) is 12.9. The lowest BCUT2D eigenvalue weighted by molar-refractivity contribution is -0.131. The van der Waals surface area contributed by atoms with Crippen molar-refractivity contribution in [2.24, 2.45) is 0 Å². The molecule has 0 rings (SSSR count). The lowest BCUT2D eigenvalue weighted by Gasteiger charge is -2.37. The van der Waals surface area contributed by atoms with E-state index >= 15 is 0 Å². The van der Waals surface area contributed by atoms with Gasteiger partial charge in [0.25, 0.3) is 8.32 Å². The Hall–Kier alpha value is -0.573. The van der Waals surface area contributed by atoms with E-state index in [4.69, 9.17) is 4.43 Å². The Morgan fingerprint density at radius 1 is 1.25 bits per heavy atom. The van der Waals surface area contributed by atoms with Crippen molar-refractivity contribution in [1.29, 1.82) is 0 Å². The van der Waals surface area contributed by atoms with Crippen LogP contribution in [0.2, 0.25) is 17.6 Å². The van der Waals surface area contributed by atoms with Crippen molar-refractivity contribution in [3.63, 3.8) is 0 Å². The number of hydrogen-bond acceptors (Lipinski definition) is 2. The van der Waals surface area contributed by atoms with Crippen LogP contribution in [0.1, 0.15) is 47.5 Å². The Balaban J connectivity index is 4.94. The van der Waals surface area contributed by atoms with E-state index in [0.717, 1.165) is 12.8 Å². The Kier molecular flexibility index (Phi) is 6.01. The maximum atomic E-state index is 11.7. The number of carbonyl (C=O) groups excluding carboxylic acids is 1. The van der Waals surface area contributed by atoms with E-state index in [9.17, 15) is 4.79 Å². The summed E-state index contributed by atoms with van der Waals surface area (Å²) in [5.74, 6) is -0.213. The van der Waals surface area contributed by atoms with Crippen molar-refractivity contribution in [2.45, 2.75) is 65.1 Å². The predicted octanol–water partition coefficient (Wildman–Crippen LogP) is 4.28. The van der Waals surface area contributed by atoms with Crippen LogP contribution in [0.3, 0.4) is 0 Å². The van der Waals surface area contributed by atoms with Crippen molar-refractivity contribution in [1.82, 2.24) is 0 Å². The molecule has 2 atom stereocenters. The van der Waals surface area contributed by atoms with E-state index in [1.165, 1.54) is 0 Å². The summed E-state index contributed by atoms with van der Waals surface area (Å²) >= 11 is 0. The van der Waals surface area contributed by atoms with Gasteiger partial charge in [-0.15, -0.1) is 0 Å². The smallest absolute Gasteiger partial charge is 0.319 e. The first-order valence-corrected chi connectivity index (χ1v) is 8.74. The normalized spacial score (nSPS) is 18.4. The average Bonchev–Trinajstić information content (AvgIpc) is 2.25. The third-order valence-corrected chi connectivity index (χ3v) is 9.20. The zero-order valence-electron chi connectivity index (χ0n) is 11.6. The fraction of sp³-hybridized carbons (Fsp3) is 0.769. The van der Waals surface area contributed by atoms with Crippen LogP contribution in [0, 0.1) is 0 Å². The SMILES string of the molecule is C=C(C)C(=O)O[Si](C)(C(C)CC)C(C)CC. The Bertz CT molecular complexity index is 251. The van der Waals surface area contributed by atoms with E-state index in [2.05, 4.69) is 40.8 Å². The minimum Gasteiger partial charge on any atom is -0.516 e. The molecule has 0 bridgehead atoms. The van der Waals surface area contributed by atoms with Gasteiger partial charge in [-0.05, 0) is 24.6 Å². The molecule has 0 radical (unpaired) electrons. The minimum absolute atomic E-state index is 0.213. The van der Waals surface area contributed by atoms with Gasteiger partial charge >= 0.3 is 5.97 Å². The number of carbonyl (C=O) groups is 1. The molecule has 0 aromatic rings. The molecule has 0 fully saturated rings. The van der Waals surface area contributed by atoms with Gasteiger partial charge in [0.05, 0.1) is 0 Å². The molecule has 0 aliphatic rings. The first kappa shape index (κ1) is 15.4. The van der Waals surface area contributed by atoms with Crippen molar-refractivity contribution in [2.75, 3.05) is 0 Å². The molecular formula is C13H26O2Si. The van der Waals surface area contributed by atoms with Crippen LogP contribution in [0.5, 0.6) is 0 Å². The van der Waals surface area contributed by atoms with Gasteiger partial charge in [-0.1, -0.05) is 47.1 Å². The molecule has 3 heteroatoms. The van der Waals surface area contributed by atoms with Crippen molar-refractivity contribution in [3.05, 3.63) is 12.2 Å². The van der Waals surface area contributed by atoms with Gasteiger partial charge < -0.3 is 4.43 Å². The van der Waals surface area contributed by atoms with Gasteiger partial charge in [-0.25, -0.2) is 4.79 Å². The first-order chi connectivity index (χ1) is 7.29. The molecule has 94 valence electrons. The molecule has 0 spiro atoms. The summed E-state index contributed by atoms with van der Waals surface area (Å²) in [4.78, 5) is 11.7. The van der Waals surface area contributed by atoms with Gasteiger partial charge in [0.1, 0.15) is 0 Å². The van der Waals surface area contributed by atoms with Crippen LogP contribution in [0.15, 0.2) is 12.2 Å². The molecule has 0 amide bonds. The maximum Gasteiger partial charge on any atom is 0.319 e. The van der Waals surface area contributed by atoms with Crippen LogP contribution < -0.4 is 0 Å². The molecule has 0 aromatic carbocycles. The minimum atomic E-state index is -1.99. The second kappa shape index (κ2) is 6.23. The van der Waals surface area contributed by atoms with E-state index < -0.39 is 8.32 Å². The van der Waals surface area contributed by atoms with E-state index in [0.29, 0.717) is 16.7 Å². The van der Waals surface area contributed by atoms with Gasteiger partial charge in [0.2, 0.25) is 0 Å². The molecule has 16 heavy (non-hydrogen) atoms. The largest absolute Gasteiger partial charge is 0.516 e. The van der Waals surface area contributed by atoms with Crippen LogP contribution in [0.4, 0.5) is 0 Å². The van der Waals surface area contributed by atoms with Gasteiger partial charge in [0.15, 0.2) is 0 Å². The second-order valence-electron chi connectivity index (χ2n) is 4.97. The molecule has 0 aromatic heterocycles. The zero-order valence-corrected chi connectivity index (χ0v) is 12.6. The third-order valence-electron chi connectivity index (χ3n) is 3.84. The second-order valence-corrected chi connectivity index (χ2v) is 9.52. The number of hydrogen-bond donors (Lipinski definition) is 0. The predicted molar refractivity (Wildman–Crippen MR) is 72.0 cm³/mol. The summed E-state index contributed by atoms with van der Waals surface area (Å²) in [5, 5.41) is 0. The Labute approximate surface area is 101 Å². The van der Waals surface area contributed by atoms with Gasteiger partial charge in [-0.2, -0.15) is 0 Å². The summed E-state index contributed by atoms with van der Waals surface area (Å²) in [6, 6.07) is 0. The number of rotatable bonds is 6. The highest BCUT2D eigenvalue weighted by Gasteiger charge is 2.42. The van der Waals surface area contributed by atoms with Crippen molar-refractivity contribution < 1.29 is 9.22 Å². The Morgan fingerprint density at radius 2 is 1.62 bits per heavy atom. The first-order valence-electron chi connectivity index (χ1n) is 6.18. The summed E-state index contributed by atoms with van der Waals surface area (Å²) in [6.45, 7) is 16.3. The molecule has 0 saturated carbocycles. The van der Waals surface area contributed by atoms with Crippen LogP contribution >= 0.6 is 0 Å². The summed E-state index contributed by atoms with van der Waals surface area (Å²) in [7, 11) is -1.99. The lowest BCUT2D eigenvalue weighted by atomic mass is 10.3. The van der Waals surface area contributed by atoms with Crippen LogP contribution in [-0.4, -0.2) is 14.3 Å². The van der Waals surface area contributed by atoms with Crippen molar-refractivity contribution in [3.8, 4) is 0 Å². The maximum absolute atomic E-state index is 11.7. The molecule has 2 unspecified atom stereocenters. The highest BCUT2D eigenvalue weighted by Crippen LogP contribution is 2.38. The Morgan fingerprint density at radius 3 is 1.88 bits per heavy atom. The molecular weight excluding hydrogens is 216 g/mol. The highest BCUT2D eigenvalue weighted by atomic mass is 28.4. The summed E-state index contributed by atoms with van der Waals surface area (Å²) in [6.07, 6.45) is 2.13. The van der Waals surface area contributed by atoms with E-state index in [1.54, 1.807) is 6.92 Å². The fourth-order valence-corrected chi connectivity index (χ4v) is 5.35. The highest BCUT2D eigenvalue weighted by molar-refractivity contribution is 6.76. The molecule has 0 aliphatic carbocycles. The molecule has 0 saturated heterocycles. The van der Waals surface area contributed by atoms with E-state index in [1.807, 2.05) is 0 Å².